The summed E-state index contributed by atoms with van der Waals surface area (Å²) < 4.78 is 14.8. The Morgan fingerprint density at radius 3 is 2.47 bits per heavy atom. The van der Waals surface area contributed by atoms with Gasteiger partial charge < -0.3 is 0 Å². The van der Waals surface area contributed by atoms with Gasteiger partial charge in [-0.15, -0.1) is 11.8 Å². The molecule has 0 bridgehead atoms. The Bertz CT molecular complexity index is 529. The van der Waals surface area contributed by atoms with Crippen LogP contribution in [0.15, 0.2) is 56.3 Å². The molecular weight excluding hydrogens is 367 g/mol. The zero-order chi connectivity index (χ0) is 12.3. The largest absolute Gasteiger partial charge is 0.207 e. The number of thioether (sulfide) groups is 1. The van der Waals surface area contributed by atoms with E-state index in [1.807, 2.05) is 24.3 Å². The highest BCUT2D eigenvalue weighted by Gasteiger charge is 2.04. The minimum atomic E-state index is -0.216. The Balaban J connectivity index is 2.10. The first-order valence-electron chi connectivity index (χ1n) is 4.98. The Labute approximate surface area is 121 Å². The van der Waals surface area contributed by atoms with Crippen LogP contribution in [0.4, 0.5) is 4.39 Å². The van der Waals surface area contributed by atoms with Crippen LogP contribution in [0, 0.1) is 5.82 Å². The van der Waals surface area contributed by atoms with Gasteiger partial charge in [0.2, 0.25) is 0 Å². The van der Waals surface area contributed by atoms with Crippen LogP contribution in [0.5, 0.6) is 0 Å². The van der Waals surface area contributed by atoms with Gasteiger partial charge in [-0.05, 0) is 45.8 Å². The van der Waals surface area contributed by atoms with Crippen molar-refractivity contribution in [3.63, 3.8) is 0 Å². The molecule has 4 heteroatoms. The quantitative estimate of drug-likeness (QED) is 0.625. The molecule has 0 N–H and O–H groups in total. The van der Waals surface area contributed by atoms with E-state index in [1.54, 1.807) is 11.8 Å². The Kier molecular flexibility index (Phi) is 4.65. The summed E-state index contributed by atoms with van der Waals surface area (Å²) in [7, 11) is 0. The van der Waals surface area contributed by atoms with E-state index in [4.69, 9.17) is 0 Å². The van der Waals surface area contributed by atoms with Crippen molar-refractivity contribution in [1.29, 1.82) is 0 Å². The summed E-state index contributed by atoms with van der Waals surface area (Å²) >= 11 is 8.60. The summed E-state index contributed by atoms with van der Waals surface area (Å²) in [5.41, 5.74) is 1.09. The van der Waals surface area contributed by atoms with Gasteiger partial charge in [-0.3, -0.25) is 0 Å². The minimum absolute atomic E-state index is 0.216. The zero-order valence-electron chi connectivity index (χ0n) is 8.79. The van der Waals surface area contributed by atoms with E-state index >= 15 is 0 Å². The molecule has 0 fully saturated rings. The van der Waals surface area contributed by atoms with E-state index in [2.05, 4.69) is 37.9 Å². The van der Waals surface area contributed by atoms with Crippen LogP contribution in [-0.2, 0) is 5.75 Å². The predicted octanol–water partition coefficient (Wildman–Crippen LogP) is 5.64. The van der Waals surface area contributed by atoms with Crippen molar-refractivity contribution in [2.75, 3.05) is 0 Å². The Morgan fingerprint density at radius 2 is 1.76 bits per heavy atom. The highest BCUT2D eigenvalue weighted by atomic mass is 79.9. The van der Waals surface area contributed by atoms with E-state index in [0.29, 0.717) is 0 Å². The van der Waals surface area contributed by atoms with Crippen molar-refractivity contribution in [3.8, 4) is 0 Å². The molecule has 17 heavy (non-hydrogen) atoms. The van der Waals surface area contributed by atoms with E-state index in [-0.39, 0.29) is 5.82 Å². The fraction of sp³-hybridized carbons (Fsp3) is 0.0769. The normalized spacial score (nSPS) is 10.5. The molecule has 0 saturated carbocycles. The van der Waals surface area contributed by atoms with Gasteiger partial charge >= 0.3 is 0 Å². The van der Waals surface area contributed by atoms with Crippen molar-refractivity contribution < 1.29 is 4.39 Å². The van der Waals surface area contributed by atoms with Crippen molar-refractivity contribution in [2.24, 2.45) is 0 Å². The van der Waals surface area contributed by atoms with E-state index < -0.39 is 0 Å². The summed E-state index contributed by atoms with van der Waals surface area (Å²) in [6.07, 6.45) is 0. The second-order valence-electron chi connectivity index (χ2n) is 3.45. The van der Waals surface area contributed by atoms with Crippen LogP contribution in [0.1, 0.15) is 5.56 Å². The summed E-state index contributed by atoms with van der Waals surface area (Å²) in [5, 5.41) is 0. The summed E-state index contributed by atoms with van der Waals surface area (Å²) in [5.74, 6) is 0.593. The minimum Gasteiger partial charge on any atom is -0.207 e. The van der Waals surface area contributed by atoms with Crippen LogP contribution >= 0.6 is 43.6 Å². The molecular formula is C13H9Br2FS. The van der Waals surface area contributed by atoms with Crippen molar-refractivity contribution in [2.45, 2.75) is 10.6 Å². The maximum atomic E-state index is 12.9. The fourth-order valence-corrected chi connectivity index (χ4v) is 3.60. The molecule has 0 amide bonds. The van der Waals surface area contributed by atoms with Gasteiger partial charge in [0, 0.05) is 19.6 Å². The van der Waals surface area contributed by atoms with Gasteiger partial charge in [0.1, 0.15) is 5.82 Å². The lowest BCUT2D eigenvalue weighted by Crippen LogP contribution is -1.85. The van der Waals surface area contributed by atoms with E-state index in [0.717, 1.165) is 20.3 Å². The van der Waals surface area contributed by atoms with Crippen LogP contribution in [0.3, 0.4) is 0 Å². The molecule has 0 aliphatic carbocycles. The third kappa shape index (κ3) is 3.57. The molecule has 0 unspecified atom stereocenters. The molecule has 0 saturated heterocycles. The van der Waals surface area contributed by atoms with Gasteiger partial charge in [0.25, 0.3) is 0 Å². The first-order valence-corrected chi connectivity index (χ1v) is 7.55. The SMILES string of the molecule is Fc1ccc(CSc2ccccc2Br)c(Br)c1. The first-order chi connectivity index (χ1) is 8.16. The monoisotopic (exact) mass is 374 g/mol. The second kappa shape index (κ2) is 6.03. The van der Waals surface area contributed by atoms with Gasteiger partial charge in [-0.2, -0.15) is 0 Å². The molecule has 0 nitrogen and oxygen atoms in total. The lowest BCUT2D eigenvalue weighted by molar-refractivity contribution is 0.626. The van der Waals surface area contributed by atoms with Crippen molar-refractivity contribution in [1.82, 2.24) is 0 Å². The Morgan fingerprint density at radius 1 is 1.00 bits per heavy atom. The van der Waals surface area contributed by atoms with Crippen LogP contribution in [0.25, 0.3) is 0 Å². The molecule has 0 radical (unpaired) electrons. The third-order valence-corrected chi connectivity index (χ3v) is 5.05. The van der Waals surface area contributed by atoms with Crippen molar-refractivity contribution >= 4 is 43.6 Å². The predicted molar refractivity (Wildman–Crippen MR) is 77.8 cm³/mol. The third-order valence-electron chi connectivity index (χ3n) is 2.23. The van der Waals surface area contributed by atoms with Crippen LogP contribution < -0.4 is 0 Å². The topological polar surface area (TPSA) is 0 Å². The van der Waals surface area contributed by atoms with Crippen molar-refractivity contribution in [3.05, 3.63) is 62.8 Å². The lowest BCUT2D eigenvalue weighted by atomic mass is 10.2. The zero-order valence-corrected chi connectivity index (χ0v) is 12.8. The average molecular weight is 376 g/mol. The van der Waals surface area contributed by atoms with E-state index in [9.17, 15) is 4.39 Å². The highest BCUT2D eigenvalue weighted by molar-refractivity contribution is 9.10. The number of hydrogen-bond acceptors (Lipinski definition) is 1. The van der Waals surface area contributed by atoms with Gasteiger partial charge in [0.05, 0.1) is 0 Å². The van der Waals surface area contributed by atoms with Gasteiger partial charge in [-0.25, -0.2) is 4.39 Å². The molecule has 0 heterocycles. The number of benzene rings is 2. The average Bonchev–Trinajstić information content (AvgIpc) is 2.30. The van der Waals surface area contributed by atoms with Crippen LogP contribution in [0.2, 0.25) is 0 Å². The fourth-order valence-electron chi connectivity index (χ4n) is 1.36. The molecule has 0 aliphatic rings. The van der Waals surface area contributed by atoms with E-state index in [1.165, 1.54) is 17.0 Å². The highest BCUT2D eigenvalue weighted by Crippen LogP contribution is 2.31. The maximum absolute atomic E-state index is 12.9. The smallest absolute Gasteiger partial charge is 0.124 e. The van der Waals surface area contributed by atoms with Crippen LogP contribution in [-0.4, -0.2) is 0 Å². The molecule has 0 aromatic heterocycles. The first kappa shape index (κ1) is 13.1. The molecule has 2 aromatic rings. The molecule has 0 spiro atoms. The number of rotatable bonds is 3. The second-order valence-corrected chi connectivity index (χ2v) is 6.18. The maximum Gasteiger partial charge on any atom is 0.124 e. The lowest BCUT2D eigenvalue weighted by Gasteiger charge is -2.06. The number of halogens is 3. The molecule has 0 atom stereocenters. The molecule has 2 aromatic carbocycles. The molecule has 88 valence electrons. The summed E-state index contributed by atoms with van der Waals surface area (Å²) in [4.78, 5) is 1.18. The Hall–Kier alpha value is -0.320. The molecule has 2 rings (SSSR count). The summed E-state index contributed by atoms with van der Waals surface area (Å²) in [6.45, 7) is 0. The number of hydrogen-bond donors (Lipinski definition) is 0. The summed E-state index contributed by atoms with van der Waals surface area (Å²) in [6, 6.07) is 12.9. The van der Waals surface area contributed by atoms with Gasteiger partial charge in [0.15, 0.2) is 0 Å². The van der Waals surface area contributed by atoms with Gasteiger partial charge in [-0.1, -0.05) is 34.1 Å². The standard InChI is InChI=1S/C13H9Br2FS/c14-11-3-1-2-4-13(11)17-8-9-5-6-10(16)7-12(9)15/h1-7H,8H2. The molecule has 0 aliphatic heterocycles.